The van der Waals surface area contributed by atoms with Crippen molar-refractivity contribution < 1.29 is 31.8 Å². The molecule has 2 aromatic carbocycles. The third-order valence-electron chi connectivity index (χ3n) is 5.26. The van der Waals surface area contributed by atoms with E-state index in [0.29, 0.717) is 5.56 Å². The summed E-state index contributed by atoms with van der Waals surface area (Å²) in [4.78, 5) is 14.5. The zero-order chi connectivity index (χ0) is 24.5. The van der Waals surface area contributed by atoms with Gasteiger partial charge in [0.05, 0.1) is 23.3 Å². The zero-order valence-electron chi connectivity index (χ0n) is 17.3. The first-order valence-electron chi connectivity index (χ1n) is 9.55. The zero-order valence-corrected chi connectivity index (χ0v) is 18.1. The molecule has 1 aliphatic heterocycles. The number of nitrogens with zero attached hydrogens (tertiary/aromatic N) is 3. The van der Waals surface area contributed by atoms with E-state index in [0.717, 1.165) is 13.0 Å². The molecule has 0 N–H and O–H groups in total. The second-order valence-electron chi connectivity index (χ2n) is 7.28. The molecule has 0 bridgehead atoms. The van der Waals surface area contributed by atoms with E-state index in [1.54, 1.807) is 6.07 Å². The van der Waals surface area contributed by atoms with Gasteiger partial charge in [-0.2, -0.15) is 23.7 Å². The number of halogens is 5. The van der Waals surface area contributed by atoms with E-state index in [2.05, 4.69) is 0 Å². The average molecular weight is 482 g/mol. The molecule has 1 amide bonds. The number of benzene rings is 2. The standard InChI is InChI=1S/C22H16ClF4N3O3/c1-11(22(25,26)27)33-16-6-4-13(8-29)20(32-2)17(16)21(31)30-9-14(10-30)15-5-3-12(7-28)19(24)18(15)23/h3-6,11,14H,9-10H2,1-2H3/t11-/m0/s1. The lowest BCUT2D eigenvalue weighted by molar-refractivity contribution is -0.189. The summed E-state index contributed by atoms with van der Waals surface area (Å²) >= 11 is 6.03. The highest BCUT2D eigenvalue weighted by molar-refractivity contribution is 6.31. The lowest BCUT2D eigenvalue weighted by atomic mass is 9.89. The summed E-state index contributed by atoms with van der Waals surface area (Å²) in [6.07, 6.45) is -6.90. The van der Waals surface area contributed by atoms with Crippen LogP contribution in [0.2, 0.25) is 5.02 Å². The van der Waals surface area contributed by atoms with Crippen molar-refractivity contribution in [2.45, 2.75) is 25.1 Å². The van der Waals surface area contributed by atoms with E-state index in [-0.39, 0.29) is 52.2 Å². The van der Waals surface area contributed by atoms with Crippen molar-refractivity contribution in [2.75, 3.05) is 20.2 Å². The summed E-state index contributed by atoms with van der Waals surface area (Å²) in [5.74, 6) is -2.52. The van der Waals surface area contributed by atoms with Crippen LogP contribution in [-0.4, -0.2) is 43.3 Å². The summed E-state index contributed by atoms with van der Waals surface area (Å²) in [5, 5.41) is 18.0. The molecule has 2 aromatic rings. The summed E-state index contributed by atoms with van der Waals surface area (Å²) in [6.45, 7) is 0.955. The van der Waals surface area contributed by atoms with Crippen molar-refractivity contribution >= 4 is 17.5 Å². The van der Waals surface area contributed by atoms with E-state index >= 15 is 0 Å². The van der Waals surface area contributed by atoms with Gasteiger partial charge in [-0.15, -0.1) is 0 Å². The largest absolute Gasteiger partial charge is 0.494 e. The molecule has 0 saturated carbocycles. The Labute approximate surface area is 191 Å². The highest BCUT2D eigenvalue weighted by Crippen LogP contribution is 2.39. The predicted molar refractivity (Wildman–Crippen MR) is 109 cm³/mol. The van der Waals surface area contributed by atoms with Crippen molar-refractivity contribution in [1.29, 1.82) is 10.5 Å². The lowest BCUT2D eigenvalue weighted by Gasteiger charge is -2.40. The molecule has 6 nitrogen and oxygen atoms in total. The summed E-state index contributed by atoms with van der Waals surface area (Å²) in [7, 11) is 1.18. The molecule has 3 rings (SSSR count). The fourth-order valence-electron chi connectivity index (χ4n) is 3.39. The van der Waals surface area contributed by atoms with Crippen LogP contribution in [0.15, 0.2) is 24.3 Å². The second-order valence-corrected chi connectivity index (χ2v) is 7.66. The number of nitriles is 2. The van der Waals surface area contributed by atoms with Crippen LogP contribution in [0.3, 0.4) is 0 Å². The Bertz CT molecular complexity index is 1180. The predicted octanol–water partition coefficient (Wildman–Crippen LogP) is 4.80. The summed E-state index contributed by atoms with van der Waals surface area (Å²) in [5.41, 5.74) is -0.183. The Morgan fingerprint density at radius 3 is 2.33 bits per heavy atom. The van der Waals surface area contributed by atoms with E-state index in [1.807, 2.05) is 6.07 Å². The second kappa shape index (κ2) is 9.16. The van der Waals surface area contributed by atoms with Crippen molar-refractivity contribution in [3.63, 3.8) is 0 Å². The molecule has 1 atom stereocenters. The summed E-state index contributed by atoms with van der Waals surface area (Å²) < 4.78 is 63.4. The monoisotopic (exact) mass is 481 g/mol. The van der Waals surface area contributed by atoms with Crippen LogP contribution < -0.4 is 9.47 Å². The topological polar surface area (TPSA) is 86.3 Å². The number of methoxy groups -OCH3 is 1. The third-order valence-corrected chi connectivity index (χ3v) is 5.65. The Balaban J connectivity index is 1.91. The van der Waals surface area contributed by atoms with Gasteiger partial charge in [0.2, 0.25) is 0 Å². The van der Waals surface area contributed by atoms with E-state index in [4.69, 9.17) is 26.3 Å². The van der Waals surface area contributed by atoms with Gasteiger partial charge in [0.1, 0.15) is 23.5 Å². The first-order chi connectivity index (χ1) is 15.5. The van der Waals surface area contributed by atoms with E-state index in [1.165, 1.54) is 30.2 Å². The van der Waals surface area contributed by atoms with Crippen molar-refractivity contribution in [3.05, 3.63) is 57.4 Å². The normalized spacial score (nSPS) is 14.6. The van der Waals surface area contributed by atoms with Crippen LogP contribution in [0.1, 0.15) is 39.9 Å². The van der Waals surface area contributed by atoms with Gasteiger partial charge in [0.25, 0.3) is 5.91 Å². The van der Waals surface area contributed by atoms with Crippen molar-refractivity contribution in [1.82, 2.24) is 4.90 Å². The van der Waals surface area contributed by atoms with Crippen molar-refractivity contribution in [3.8, 4) is 23.6 Å². The van der Waals surface area contributed by atoms with Crippen LogP contribution in [0, 0.1) is 28.5 Å². The molecule has 1 aliphatic rings. The molecule has 0 radical (unpaired) electrons. The van der Waals surface area contributed by atoms with Crippen LogP contribution >= 0.6 is 11.6 Å². The highest BCUT2D eigenvalue weighted by Gasteiger charge is 2.41. The van der Waals surface area contributed by atoms with E-state index in [9.17, 15) is 27.6 Å². The number of hydrogen-bond acceptors (Lipinski definition) is 5. The molecule has 33 heavy (non-hydrogen) atoms. The van der Waals surface area contributed by atoms with Gasteiger partial charge in [0.15, 0.2) is 17.7 Å². The number of rotatable bonds is 5. The van der Waals surface area contributed by atoms with Gasteiger partial charge in [0, 0.05) is 19.0 Å². The molecule has 0 aliphatic carbocycles. The van der Waals surface area contributed by atoms with Crippen LogP contribution in [-0.2, 0) is 0 Å². The van der Waals surface area contributed by atoms with Crippen LogP contribution in [0.4, 0.5) is 17.6 Å². The Kier molecular flexibility index (Phi) is 6.71. The minimum atomic E-state index is -4.68. The molecule has 0 aromatic heterocycles. The Morgan fingerprint density at radius 1 is 1.18 bits per heavy atom. The number of amides is 1. The van der Waals surface area contributed by atoms with Crippen LogP contribution in [0.5, 0.6) is 11.5 Å². The van der Waals surface area contributed by atoms with Gasteiger partial charge in [-0.25, -0.2) is 4.39 Å². The highest BCUT2D eigenvalue weighted by atomic mass is 35.5. The average Bonchev–Trinajstić information content (AvgIpc) is 2.74. The van der Waals surface area contributed by atoms with Gasteiger partial charge < -0.3 is 14.4 Å². The summed E-state index contributed by atoms with van der Waals surface area (Å²) in [6, 6.07) is 8.60. The lowest BCUT2D eigenvalue weighted by Crippen LogP contribution is -2.48. The number of hydrogen-bond donors (Lipinski definition) is 0. The maximum Gasteiger partial charge on any atom is 0.425 e. The SMILES string of the molecule is COc1c(C#N)ccc(O[C@@H](C)C(F)(F)F)c1C(=O)N1CC(c2ccc(C#N)c(F)c2Cl)C1. The first-order valence-corrected chi connectivity index (χ1v) is 9.93. The van der Waals surface area contributed by atoms with Crippen LogP contribution in [0.25, 0.3) is 0 Å². The Morgan fingerprint density at radius 2 is 1.79 bits per heavy atom. The third kappa shape index (κ3) is 4.53. The molecule has 11 heteroatoms. The van der Waals surface area contributed by atoms with Gasteiger partial charge >= 0.3 is 6.18 Å². The molecule has 0 spiro atoms. The number of ether oxygens (including phenoxy) is 2. The smallest absolute Gasteiger partial charge is 0.425 e. The number of alkyl halides is 3. The van der Waals surface area contributed by atoms with Gasteiger partial charge in [-0.1, -0.05) is 17.7 Å². The number of carbonyl (C=O) groups is 1. The molecule has 0 unspecified atom stereocenters. The number of carbonyl (C=O) groups excluding carboxylic acids is 1. The minimum Gasteiger partial charge on any atom is -0.494 e. The number of likely N-dealkylation sites (tertiary alicyclic amines) is 1. The minimum absolute atomic E-state index is 0.0536. The van der Waals surface area contributed by atoms with Crippen molar-refractivity contribution in [2.24, 2.45) is 0 Å². The fraction of sp³-hybridized carbons (Fsp3) is 0.318. The molecular formula is C22H16ClF4N3O3. The molecule has 172 valence electrons. The first kappa shape index (κ1) is 24.1. The van der Waals surface area contributed by atoms with E-state index < -0.39 is 24.0 Å². The quantitative estimate of drug-likeness (QED) is 0.572. The maximum atomic E-state index is 14.2. The molecular weight excluding hydrogens is 466 g/mol. The van der Waals surface area contributed by atoms with Gasteiger partial charge in [-0.05, 0) is 30.7 Å². The fourth-order valence-corrected chi connectivity index (χ4v) is 3.71. The maximum absolute atomic E-state index is 14.2. The Hall–Kier alpha value is -3.50. The molecule has 1 fully saturated rings. The molecule has 1 saturated heterocycles. The molecule has 1 heterocycles. The van der Waals surface area contributed by atoms with Gasteiger partial charge in [-0.3, -0.25) is 4.79 Å².